The summed E-state index contributed by atoms with van der Waals surface area (Å²) < 4.78 is 24.7. The van der Waals surface area contributed by atoms with Crippen molar-refractivity contribution in [3.63, 3.8) is 0 Å². The summed E-state index contributed by atoms with van der Waals surface area (Å²) in [6.07, 6.45) is 0. The van der Waals surface area contributed by atoms with Crippen molar-refractivity contribution in [2.75, 3.05) is 13.1 Å². The number of carbonyl (C=O) groups excluding carboxylic acids is 1. The number of carbonyl (C=O) groups is 1. The van der Waals surface area contributed by atoms with Crippen molar-refractivity contribution in [1.82, 2.24) is 4.90 Å². The first kappa shape index (κ1) is 16.0. The van der Waals surface area contributed by atoms with Crippen LogP contribution in [0.3, 0.4) is 0 Å². The van der Waals surface area contributed by atoms with E-state index in [0.29, 0.717) is 18.1 Å². The molecular formula is C13H18ClNO3S. The van der Waals surface area contributed by atoms with Gasteiger partial charge in [0.2, 0.25) is 5.91 Å². The summed E-state index contributed by atoms with van der Waals surface area (Å²) in [7, 11) is -3.67. The molecule has 0 bridgehead atoms. The van der Waals surface area contributed by atoms with E-state index in [1.54, 1.807) is 0 Å². The van der Waals surface area contributed by atoms with Gasteiger partial charge in [-0.15, -0.1) is 0 Å². The Labute approximate surface area is 119 Å². The van der Waals surface area contributed by atoms with Crippen molar-refractivity contribution in [2.24, 2.45) is 0 Å². The molecule has 1 rings (SSSR count). The molecule has 0 heterocycles. The summed E-state index contributed by atoms with van der Waals surface area (Å²) >= 11 is 5.73. The van der Waals surface area contributed by atoms with Gasteiger partial charge in [0.05, 0.1) is 4.90 Å². The van der Waals surface area contributed by atoms with Gasteiger partial charge in [0.15, 0.2) is 9.84 Å². The third-order valence-corrected chi connectivity index (χ3v) is 5.34. The monoisotopic (exact) mass is 303 g/mol. The van der Waals surface area contributed by atoms with Crippen LogP contribution in [0.25, 0.3) is 0 Å². The van der Waals surface area contributed by atoms with Crippen LogP contribution in [0.4, 0.5) is 0 Å². The molecule has 0 saturated heterocycles. The van der Waals surface area contributed by atoms with E-state index in [-0.39, 0.29) is 10.8 Å². The summed E-state index contributed by atoms with van der Waals surface area (Å²) in [5, 5.41) is -0.629. The lowest BCUT2D eigenvalue weighted by Gasteiger charge is -2.22. The van der Waals surface area contributed by atoms with Crippen LogP contribution in [0, 0.1) is 0 Å². The Balaban J connectivity index is 3.06. The van der Waals surface area contributed by atoms with Crippen LogP contribution >= 0.6 is 11.6 Å². The lowest BCUT2D eigenvalue weighted by molar-refractivity contribution is -0.130. The molecule has 0 aliphatic heterocycles. The Hall–Kier alpha value is -1.07. The molecule has 0 aliphatic rings. The fourth-order valence-electron chi connectivity index (χ4n) is 1.75. The van der Waals surface area contributed by atoms with E-state index >= 15 is 0 Å². The van der Waals surface area contributed by atoms with Crippen molar-refractivity contribution in [3.05, 3.63) is 29.3 Å². The molecule has 4 nitrogen and oxygen atoms in total. The van der Waals surface area contributed by atoms with Crippen LogP contribution in [0.15, 0.2) is 29.2 Å². The number of rotatable bonds is 5. The van der Waals surface area contributed by atoms with Crippen LogP contribution in [0.5, 0.6) is 0 Å². The zero-order chi connectivity index (χ0) is 14.6. The fraction of sp³-hybridized carbons (Fsp3) is 0.462. The maximum absolute atomic E-state index is 12.3. The number of amides is 1. The van der Waals surface area contributed by atoms with E-state index in [2.05, 4.69) is 0 Å². The molecule has 1 atom stereocenters. The number of benzene rings is 1. The maximum atomic E-state index is 12.3. The topological polar surface area (TPSA) is 54.5 Å². The Bertz CT molecular complexity index is 536. The first-order valence-electron chi connectivity index (χ1n) is 6.12. The predicted molar refractivity (Wildman–Crippen MR) is 76.0 cm³/mol. The molecule has 19 heavy (non-hydrogen) atoms. The summed E-state index contributed by atoms with van der Waals surface area (Å²) in [4.78, 5) is 13.7. The van der Waals surface area contributed by atoms with Crippen LogP contribution < -0.4 is 0 Å². The average Bonchev–Trinajstić information content (AvgIpc) is 2.39. The molecule has 1 unspecified atom stereocenters. The summed E-state index contributed by atoms with van der Waals surface area (Å²) in [6.45, 7) is 6.06. The standard InChI is InChI=1S/C13H18ClNO3S/c1-4-15(5-2)13(16)10(3)19(17,18)12-8-6-11(14)7-9-12/h6-10H,4-5H2,1-3H3. The SMILES string of the molecule is CCN(CC)C(=O)C(C)S(=O)(=O)c1ccc(Cl)cc1. The average molecular weight is 304 g/mol. The van der Waals surface area contributed by atoms with Gasteiger partial charge in [0, 0.05) is 18.1 Å². The molecule has 0 aromatic heterocycles. The van der Waals surface area contributed by atoms with Gasteiger partial charge in [-0.2, -0.15) is 0 Å². The summed E-state index contributed by atoms with van der Waals surface area (Å²) in [5.74, 6) is -0.375. The van der Waals surface area contributed by atoms with E-state index in [9.17, 15) is 13.2 Å². The minimum atomic E-state index is -3.67. The molecule has 0 saturated carbocycles. The number of nitrogens with zero attached hydrogens (tertiary/aromatic N) is 1. The van der Waals surface area contributed by atoms with Gasteiger partial charge in [-0.1, -0.05) is 11.6 Å². The molecule has 6 heteroatoms. The number of sulfone groups is 1. The van der Waals surface area contributed by atoms with E-state index in [1.807, 2.05) is 13.8 Å². The largest absolute Gasteiger partial charge is 0.342 e. The van der Waals surface area contributed by atoms with Crippen LogP contribution in [-0.4, -0.2) is 37.6 Å². The molecule has 0 fully saturated rings. The third-order valence-electron chi connectivity index (χ3n) is 3.03. The Morgan fingerprint density at radius 1 is 1.21 bits per heavy atom. The highest BCUT2D eigenvalue weighted by molar-refractivity contribution is 7.92. The van der Waals surface area contributed by atoms with E-state index in [1.165, 1.54) is 36.1 Å². The van der Waals surface area contributed by atoms with Crippen molar-refractivity contribution < 1.29 is 13.2 Å². The zero-order valence-electron chi connectivity index (χ0n) is 11.3. The molecule has 1 amide bonds. The Morgan fingerprint density at radius 3 is 2.11 bits per heavy atom. The lowest BCUT2D eigenvalue weighted by atomic mass is 10.3. The van der Waals surface area contributed by atoms with Crippen molar-refractivity contribution in [1.29, 1.82) is 0 Å². The number of hydrogen-bond donors (Lipinski definition) is 0. The maximum Gasteiger partial charge on any atom is 0.240 e. The molecule has 0 aliphatic carbocycles. The number of halogens is 1. The second-order valence-electron chi connectivity index (χ2n) is 4.15. The van der Waals surface area contributed by atoms with Crippen molar-refractivity contribution in [2.45, 2.75) is 30.9 Å². The molecule has 1 aromatic rings. The first-order chi connectivity index (χ1) is 8.84. The molecule has 0 radical (unpaired) electrons. The van der Waals surface area contributed by atoms with E-state index in [0.717, 1.165) is 0 Å². The van der Waals surface area contributed by atoms with Gasteiger partial charge in [0.25, 0.3) is 0 Å². The number of hydrogen-bond acceptors (Lipinski definition) is 3. The summed E-state index contributed by atoms with van der Waals surface area (Å²) in [5.41, 5.74) is 0. The van der Waals surface area contributed by atoms with Gasteiger partial charge < -0.3 is 4.90 Å². The third kappa shape index (κ3) is 3.48. The minimum absolute atomic E-state index is 0.116. The zero-order valence-corrected chi connectivity index (χ0v) is 12.8. The molecule has 0 N–H and O–H groups in total. The summed E-state index contributed by atoms with van der Waals surface area (Å²) in [6, 6.07) is 5.85. The fourth-order valence-corrected chi connectivity index (χ4v) is 3.22. The molecule has 1 aromatic carbocycles. The first-order valence-corrected chi connectivity index (χ1v) is 8.05. The van der Waals surface area contributed by atoms with Gasteiger partial charge in [-0.05, 0) is 45.0 Å². The second kappa shape index (κ2) is 6.39. The Morgan fingerprint density at radius 2 is 1.68 bits per heavy atom. The lowest BCUT2D eigenvalue weighted by Crippen LogP contribution is -2.41. The van der Waals surface area contributed by atoms with Gasteiger partial charge in [-0.3, -0.25) is 4.79 Å². The van der Waals surface area contributed by atoms with Crippen molar-refractivity contribution >= 4 is 27.3 Å². The van der Waals surface area contributed by atoms with Gasteiger partial charge >= 0.3 is 0 Å². The highest BCUT2D eigenvalue weighted by Gasteiger charge is 2.31. The molecule has 106 valence electrons. The molecule has 0 spiro atoms. The van der Waals surface area contributed by atoms with Crippen molar-refractivity contribution in [3.8, 4) is 0 Å². The van der Waals surface area contributed by atoms with E-state index in [4.69, 9.17) is 11.6 Å². The van der Waals surface area contributed by atoms with Gasteiger partial charge in [0.1, 0.15) is 5.25 Å². The minimum Gasteiger partial charge on any atom is -0.342 e. The van der Waals surface area contributed by atoms with Gasteiger partial charge in [-0.25, -0.2) is 8.42 Å². The smallest absolute Gasteiger partial charge is 0.240 e. The highest BCUT2D eigenvalue weighted by Crippen LogP contribution is 2.20. The van der Waals surface area contributed by atoms with Crippen LogP contribution in [0.1, 0.15) is 20.8 Å². The highest BCUT2D eigenvalue weighted by atomic mass is 35.5. The van der Waals surface area contributed by atoms with Crippen LogP contribution in [0.2, 0.25) is 5.02 Å². The van der Waals surface area contributed by atoms with E-state index < -0.39 is 15.1 Å². The Kier molecular flexibility index (Phi) is 5.38. The van der Waals surface area contributed by atoms with Crippen LogP contribution in [-0.2, 0) is 14.6 Å². The normalized spacial score (nSPS) is 13.1. The second-order valence-corrected chi connectivity index (χ2v) is 6.86. The predicted octanol–water partition coefficient (Wildman–Crippen LogP) is 2.37. The molecular weight excluding hydrogens is 286 g/mol. The quantitative estimate of drug-likeness (QED) is 0.839.